The van der Waals surface area contributed by atoms with Gasteiger partial charge in [-0.3, -0.25) is 9.18 Å². The first-order valence-electron chi connectivity index (χ1n) is 13.1. The lowest BCUT2D eigenvalue weighted by Crippen LogP contribution is -2.63. The first-order valence-corrected chi connectivity index (χ1v) is 13.1. The maximum absolute atomic E-state index is 14.2. The number of methoxy groups -OCH3 is 1. The molecule has 1 saturated heterocycles. The van der Waals surface area contributed by atoms with Crippen LogP contribution in [0.25, 0.3) is 0 Å². The average molecular weight is 540 g/mol. The van der Waals surface area contributed by atoms with Crippen molar-refractivity contribution in [2.24, 2.45) is 11.8 Å². The van der Waals surface area contributed by atoms with Crippen LogP contribution < -0.4 is 15.0 Å². The average Bonchev–Trinajstić information content (AvgIpc) is 3.63. The Morgan fingerprint density at radius 3 is 2.25 bits per heavy atom. The number of hydrogen-bond acceptors (Lipinski definition) is 8. The summed E-state index contributed by atoms with van der Waals surface area (Å²) in [5, 5.41) is 6.22. The van der Waals surface area contributed by atoms with Gasteiger partial charge >= 0.3 is 5.97 Å². The van der Waals surface area contributed by atoms with E-state index < -0.39 is 33.5 Å². The van der Waals surface area contributed by atoms with Crippen LogP contribution in [0.1, 0.15) is 43.6 Å². The first-order chi connectivity index (χ1) is 18.6. The number of nitrogens with zero attached hydrogens (tertiary/aromatic N) is 2. The molecule has 0 aromatic carbocycles. The lowest BCUT2D eigenvalue weighted by molar-refractivity contribution is -0.157. The molecule has 2 heterocycles. The molecule has 0 spiro atoms. The van der Waals surface area contributed by atoms with Crippen LogP contribution in [0.15, 0.2) is 12.1 Å². The standard InChI is InChI=1S/C24H30B6FN3O6/c1-4-21(5-2,20(37)40-24(29,30)22(25,26)23(27,28)31)33-18(36)16-6-7-17(34-9-15(10-34)38-3)19(32-16)39-12-14-8-13(14)11-35/h6-7,13-15,35H,4-5,8-12H2,1-3H3,(H,33,36)/t13-,14-/m1/s1. The molecule has 0 bridgehead atoms. The number of aliphatic hydroxyl groups is 1. The molecule has 2 N–H and O–H groups in total. The van der Waals surface area contributed by atoms with Crippen LogP contribution >= 0.6 is 0 Å². The van der Waals surface area contributed by atoms with Crippen molar-refractivity contribution in [3.63, 3.8) is 0 Å². The van der Waals surface area contributed by atoms with Crippen LogP contribution in [0.4, 0.5) is 10.1 Å². The number of alkyl halides is 1. The van der Waals surface area contributed by atoms with Crippen molar-refractivity contribution in [3.8, 4) is 5.88 Å². The highest BCUT2D eigenvalue weighted by Crippen LogP contribution is 2.42. The highest BCUT2D eigenvalue weighted by atomic mass is 19.1. The van der Waals surface area contributed by atoms with E-state index in [9.17, 15) is 19.1 Å². The summed E-state index contributed by atoms with van der Waals surface area (Å²) in [5.74, 6) is -1.26. The fourth-order valence-electron chi connectivity index (χ4n) is 4.30. The molecule has 1 saturated carbocycles. The summed E-state index contributed by atoms with van der Waals surface area (Å²) in [6.45, 7) is 4.87. The molecule has 1 amide bonds. The fraction of sp³-hybridized carbons (Fsp3) is 0.708. The van der Waals surface area contributed by atoms with Gasteiger partial charge in [-0.05, 0) is 43.2 Å². The van der Waals surface area contributed by atoms with Crippen molar-refractivity contribution in [2.45, 2.75) is 60.8 Å². The molecule has 2 atom stereocenters. The minimum Gasteiger partial charge on any atom is -0.479 e. The predicted molar refractivity (Wildman–Crippen MR) is 152 cm³/mol. The van der Waals surface area contributed by atoms with Gasteiger partial charge < -0.3 is 29.5 Å². The molecule has 16 heteroatoms. The highest BCUT2D eigenvalue weighted by molar-refractivity contribution is 6.61. The van der Waals surface area contributed by atoms with Crippen LogP contribution in [0.3, 0.4) is 0 Å². The number of aliphatic hydroxyl groups excluding tert-OH is 1. The molecule has 40 heavy (non-hydrogen) atoms. The Morgan fingerprint density at radius 2 is 1.75 bits per heavy atom. The summed E-state index contributed by atoms with van der Waals surface area (Å²) < 4.78 is 30.6. The SMILES string of the molecule is [B]C([B])(F)C([B])([B])C([B])([B])OC(=O)C(CC)(CC)NC(=O)c1ccc(N2CC(OC)C2)c(OC[C@H]2C[C@@H]2CO)n1. The van der Waals surface area contributed by atoms with Gasteiger partial charge in [-0.2, -0.15) is 0 Å². The van der Waals surface area contributed by atoms with E-state index in [1.165, 1.54) is 6.07 Å². The summed E-state index contributed by atoms with van der Waals surface area (Å²) in [7, 11) is 34.6. The number of amides is 1. The number of aromatic nitrogens is 1. The Morgan fingerprint density at radius 1 is 1.12 bits per heavy atom. The van der Waals surface area contributed by atoms with E-state index in [1.807, 2.05) is 4.90 Å². The topological polar surface area (TPSA) is 110 Å². The molecule has 0 unspecified atom stereocenters. The maximum atomic E-state index is 14.2. The van der Waals surface area contributed by atoms with Crippen LogP contribution in [-0.4, -0.2) is 125 Å². The van der Waals surface area contributed by atoms with Crippen molar-refractivity contribution in [2.75, 3.05) is 38.3 Å². The Kier molecular flexibility index (Phi) is 9.76. The summed E-state index contributed by atoms with van der Waals surface area (Å²) in [6.07, 6.45) is 0.956. The second kappa shape index (κ2) is 12.0. The zero-order chi connectivity index (χ0) is 30.1. The lowest BCUT2D eigenvalue weighted by atomic mass is 9.25. The number of hydrogen-bond donors (Lipinski definition) is 2. The number of halogens is 1. The maximum Gasteiger partial charge on any atom is 0.330 e. The predicted octanol–water partition coefficient (Wildman–Crippen LogP) is -0.840. The number of pyridine rings is 1. The molecule has 2 aliphatic rings. The number of carbonyl (C=O) groups is 2. The minimum absolute atomic E-state index is 0.0240. The Balaban J connectivity index is 1.82. The monoisotopic (exact) mass is 541 g/mol. The Hall–Kier alpha value is -2.07. The second-order valence-electron chi connectivity index (χ2n) is 10.6. The van der Waals surface area contributed by atoms with Crippen molar-refractivity contribution < 1.29 is 33.3 Å². The van der Waals surface area contributed by atoms with E-state index in [4.69, 9.17) is 61.3 Å². The molecule has 2 fully saturated rings. The van der Waals surface area contributed by atoms with Crippen molar-refractivity contribution >= 4 is 64.6 Å². The van der Waals surface area contributed by atoms with E-state index in [1.54, 1.807) is 27.0 Å². The molecule has 12 radical (unpaired) electrons. The van der Waals surface area contributed by atoms with E-state index >= 15 is 0 Å². The van der Waals surface area contributed by atoms with E-state index in [0.717, 1.165) is 6.42 Å². The number of esters is 1. The molecule has 3 rings (SSSR count). The number of carbonyl (C=O) groups excluding carboxylic acids is 2. The van der Waals surface area contributed by atoms with Gasteiger partial charge in [0.05, 0.1) is 28.4 Å². The first kappa shape index (κ1) is 32.4. The fourth-order valence-corrected chi connectivity index (χ4v) is 4.30. The van der Waals surface area contributed by atoms with Gasteiger partial charge in [-0.1, -0.05) is 19.1 Å². The van der Waals surface area contributed by atoms with Crippen LogP contribution in [0.5, 0.6) is 5.88 Å². The number of nitrogens with one attached hydrogen (secondary N) is 1. The normalized spacial score (nSPS) is 20.0. The van der Waals surface area contributed by atoms with Crippen LogP contribution in [0, 0.1) is 11.8 Å². The molecule has 1 aliphatic heterocycles. The van der Waals surface area contributed by atoms with Gasteiger partial charge in [-0.25, -0.2) is 9.78 Å². The van der Waals surface area contributed by atoms with Crippen molar-refractivity contribution in [3.05, 3.63) is 17.8 Å². The molecule has 1 aliphatic carbocycles. The molecule has 9 nitrogen and oxygen atoms in total. The molecular weight excluding hydrogens is 510 g/mol. The molecule has 1 aromatic heterocycles. The quantitative estimate of drug-likeness (QED) is 0.232. The van der Waals surface area contributed by atoms with Gasteiger partial charge in [0.1, 0.15) is 48.3 Å². The highest BCUT2D eigenvalue weighted by Gasteiger charge is 2.50. The Bertz CT molecular complexity index is 1080. The van der Waals surface area contributed by atoms with Crippen molar-refractivity contribution in [1.82, 2.24) is 10.3 Å². The van der Waals surface area contributed by atoms with Gasteiger partial charge in [0.25, 0.3) is 5.91 Å². The largest absolute Gasteiger partial charge is 0.479 e. The molecule has 202 valence electrons. The zero-order valence-corrected chi connectivity index (χ0v) is 23.1. The number of ether oxygens (including phenoxy) is 3. The van der Waals surface area contributed by atoms with Gasteiger partial charge in [0.15, 0.2) is 0 Å². The number of anilines is 1. The van der Waals surface area contributed by atoms with Gasteiger partial charge in [0, 0.05) is 37.7 Å². The minimum atomic E-state index is -3.32. The number of rotatable bonds is 14. The van der Waals surface area contributed by atoms with E-state index in [-0.39, 0.29) is 49.0 Å². The third-order valence-corrected chi connectivity index (χ3v) is 7.83. The zero-order valence-electron chi connectivity index (χ0n) is 23.1. The summed E-state index contributed by atoms with van der Waals surface area (Å²) in [6, 6.07) is 3.19. The van der Waals surface area contributed by atoms with Crippen LogP contribution in [0.2, 0.25) is 5.21 Å². The van der Waals surface area contributed by atoms with E-state index in [2.05, 4.69) is 10.3 Å². The summed E-state index contributed by atoms with van der Waals surface area (Å²) in [5.41, 5.74) is -4.35. The van der Waals surface area contributed by atoms with Gasteiger partial charge in [0.2, 0.25) is 5.88 Å². The third-order valence-electron chi connectivity index (χ3n) is 7.83. The van der Waals surface area contributed by atoms with Crippen molar-refractivity contribution in [1.29, 1.82) is 0 Å². The molecular formula is C24H30B6FN3O6. The van der Waals surface area contributed by atoms with Gasteiger partial charge in [-0.15, -0.1) is 0 Å². The Labute approximate surface area is 242 Å². The third kappa shape index (κ3) is 6.53. The van der Waals surface area contributed by atoms with E-state index in [0.29, 0.717) is 25.4 Å². The second-order valence-corrected chi connectivity index (χ2v) is 10.6. The summed E-state index contributed by atoms with van der Waals surface area (Å²) >= 11 is 0. The molecule has 1 aromatic rings. The smallest absolute Gasteiger partial charge is 0.330 e. The summed E-state index contributed by atoms with van der Waals surface area (Å²) in [4.78, 5) is 33.0. The lowest BCUT2D eigenvalue weighted by Gasteiger charge is -2.51. The van der Waals surface area contributed by atoms with Crippen LogP contribution in [-0.2, 0) is 14.3 Å².